The number of halogens is 1. The van der Waals surface area contributed by atoms with Crippen LogP contribution in [0.1, 0.15) is 22.5 Å². The number of thioether (sulfide) groups is 1. The number of anilines is 1. The topological polar surface area (TPSA) is 64.1 Å². The summed E-state index contributed by atoms with van der Waals surface area (Å²) in [6.07, 6.45) is 2.50. The van der Waals surface area contributed by atoms with E-state index in [-0.39, 0.29) is 11.9 Å². The maximum absolute atomic E-state index is 12.1. The normalized spacial score (nSPS) is 17.8. The van der Waals surface area contributed by atoms with Crippen LogP contribution in [0.15, 0.2) is 20.3 Å². The molecule has 1 aliphatic heterocycles. The first kappa shape index (κ1) is 16.4. The van der Waals surface area contributed by atoms with Crippen molar-refractivity contribution in [1.82, 2.24) is 10.2 Å². The maximum atomic E-state index is 12.1. The molecule has 1 aliphatic rings. The molecule has 0 radical (unpaired) electrons. The van der Waals surface area contributed by atoms with Gasteiger partial charge in [0.15, 0.2) is 10.1 Å². The van der Waals surface area contributed by atoms with Crippen LogP contribution in [0.3, 0.4) is 0 Å². The lowest BCUT2D eigenvalue weighted by Crippen LogP contribution is -2.18. The number of aromatic nitrogens is 2. The second kappa shape index (κ2) is 7.87. The van der Waals surface area contributed by atoms with E-state index in [1.165, 1.54) is 34.4 Å². The lowest BCUT2D eigenvalue weighted by atomic mass is 10.2. The Morgan fingerprint density at radius 2 is 2.45 bits per heavy atom. The fraction of sp³-hybridized carbons (Fsp3) is 0.462. The first-order valence-corrected chi connectivity index (χ1v) is 10.3. The molecule has 3 rings (SSSR count). The monoisotopic (exact) mass is 419 g/mol. The Morgan fingerprint density at radius 3 is 3.18 bits per heavy atom. The SMILES string of the molecule is O=C(CSc1nnc(NCC2CCCO2)s1)c1sccc1Br. The average Bonchev–Trinajstić information content (AvgIpc) is 3.24. The fourth-order valence-corrected chi connectivity index (χ4v) is 5.29. The quantitative estimate of drug-likeness (QED) is 0.541. The van der Waals surface area contributed by atoms with Crippen molar-refractivity contribution in [1.29, 1.82) is 0 Å². The molecule has 2 aromatic heterocycles. The zero-order valence-electron chi connectivity index (χ0n) is 11.6. The van der Waals surface area contributed by atoms with E-state index in [0.717, 1.165) is 44.8 Å². The summed E-state index contributed by atoms with van der Waals surface area (Å²) in [6, 6.07) is 1.89. The molecule has 0 aromatic carbocycles. The lowest BCUT2D eigenvalue weighted by molar-refractivity contribution is 0.102. The Labute approximate surface area is 149 Å². The van der Waals surface area contributed by atoms with Crippen molar-refractivity contribution in [3.8, 4) is 0 Å². The standard InChI is InChI=1S/C13H14BrN3O2S3/c14-9-3-5-20-11(9)10(18)7-21-13-17-16-12(22-13)15-6-8-2-1-4-19-8/h3,5,8H,1-2,4,6-7H2,(H,15,16). The largest absolute Gasteiger partial charge is 0.376 e. The van der Waals surface area contributed by atoms with Gasteiger partial charge in [-0.25, -0.2) is 0 Å². The van der Waals surface area contributed by atoms with Crippen LogP contribution in [0.4, 0.5) is 5.13 Å². The van der Waals surface area contributed by atoms with Crippen LogP contribution in [0.25, 0.3) is 0 Å². The number of hydrogen-bond donors (Lipinski definition) is 1. The molecule has 1 saturated heterocycles. The van der Waals surface area contributed by atoms with Crippen LogP contribution < -0.4 is 5.32 Å². The maximum Gasteiger partial charge on any atom is 0.206 e. The van der Waals surface area contributed by atoms with Crippen molar-refractivity contribution in [2.24, 2.45) is 0 Å². The average molecular weight is 420 g/mol. The van der Waals surface area contributed by atoms with Crippen LogP contribution in [0.2, 0.25) is 0 Å². The van der Waals surface area contributed by atoms with Crippen LogP contribution in [0, 0.1) is 0 Å². The number of rotatable bonds is 7. The molecule has 0 amide bonds. The molecule has 5 nitrogen and oxygen atoms in total. The molecule has 3 heterocycles. The van der Waals surface area contributed by atoms with Gasteiger partial charge in [0, 0.05) is 17.6 Å². The minimum Gasteiger partial charge on any atom is -0.376 e. The van der Waals surface area contributed by atoms with Gasteiger partial charge in [0.25, 0.3) is 0 Å². The summed E-state index contributed by atoms with van der Waals surface area (Å²) in [6.45, 7) is 1.62. The first-order valence-electron chi connectivity index (χ1n) is 6.80. The van der Waals surface area contributed by atoms with Crippen molar-refractivity contribution in [3.63, 3.8) is 0 Å². The molecule has 0 aliphatic carbocycles. The molecule has 2 aromatic rings. The summed E-state index contributed by atoms with van der Waals surface area (Å²) in [7, 11) is 0. The lowest BCUT2D eigenvalue weighted by Gasteiger charge is -2.08. The van der Waals surface area contributed by atoms with E-state index in [0.29, 0.717) is 5.75 Å². The first-order chi connectivity index (χ1) is 10.7. The number of thiophene rings is 1. The van der Waals surface area contributed by atoms with E-state index in [9.17, 15) is 4.79 Å². The number of ether oxygens (including phenoxy) is 1. The number of carbonyl (C=O) groups excluding carboxylic acids is 1. The Balaban J connectivity index is 1.47. The molecule has 0 saturated carbocycles. The highest BCUT2D eigenvalue weighted by Crippen LogP contribution is 2.29. The number of Topliss-reactive ketones (excluding diaryl/α,β-unsaturated/α-hetero) is 1. The smallest absolute Gasteiger partial charge is 0.206 e. The Morgan fingerprint density at radius 1 is 1.55 bits per heavy atom. The van der Waals surface area contributed by atoms with Crippen molar-refractivity contribution in [2.75, 3.05) is 24.2 Å². The van der Waals surface area contributed by atoms with E-state index >= 15 is 0 Å². The number of carbonyl (C=O) groups is 1. The number of ketones is 1. The van der Waals surface area contributed by atoms with Gasteiger partial charge in [-0.2, -0.15) is 0 Å². The van der Waals surface area contributed by atoms with Crippen molar-refractivity contribution in [2.45, 2.75) is 23.3 Å². The summed E-state index contributed by atoms with van der Waals surface area (Å²) < 4.78 is 7.22. The summed E-state index contributed by atoms with van der Waals surface area (Å²) >= 11 is 7.73. The van der Waals surface area contributed by atoms with Crippen LogP contribution in [-0.2, 0) is 4.74 Å². The highest BCUT2D eigenvalue weighted by Gasteiger charge is 2.17. The van der Waals surface area contributed by atoms with Gasteiger partial charge >= 0.3 is 0 Å². The number of hydrogen-bond acceptors (Lipinski definition) is 8. The van der Waals surface area contributed by atoms with Gasteiger partial charge in [-0.3, -0.25) is 4.79 Å². The van der Waals surface area contributed by atoms with Gasteiger partial charge in [-0.1, -0.05) is 23.1 Å². The zero-order chi connectivity index (χ0) is 15.4. The van der Waals surface area contributed by atoms with E-state index in [1.807, 2.05) is 11.4 Å². The van der Waals surface area contributed by atoms with E-state index in [1.54, 1.807) is 0 Å². The third-order valence-corrected chi connectivity index (χ3v) is 7.00. The van der Waals surface area contributed by atoms with Gasteiger partial charge in [-0.15, -0.1) is 21.5 Å². The third-order valence-electron chi connectivity index (χ3n) is 3.11. The Kier molecular flexibility index (Phi) is 5.86. The molecular weight excluding hydrogens is 406 g/mol. The molecule has 1 fully saturated rings. The molecule has 118 valence electrons. The minimum absolute atomic E-state index is 0.107. The summed E-state index contributed by atoms with van der Waals surface area (Å²) in [5.41, 5.74) is 0. The molecule has 1 unspecified atom stereocenters. The minimum atomic E-state index is 0.107. The fourth-order valence-electron chi connectivity index (χ4n) is 2.03. The molecule has 0 bridgehead atoms. The van der Waals surface area contributed by atoms with Gasteiger partial charge in [0.1, 0.15) is 0 Å². The Bertz CT molecular complexity index is 640. The Hall–Kier alpha value is -0.480. The number of nitrogens with one attached hydrogen (secondary N) is 1. The van der Waals surface area contributed by atoms with E-state index < -0.39 is 0 Å². The molecule has 1 atom stereocenters. The van der Waals surface area contributed by atoms with Crippen LogP contribution in [-0.4, -0.2) is 41.0 Å². The van der Waals surface area contributed by atoms with Crippen LogP contribution in [0.5, 0.6) is 0 Å². The van der Waals surface area contributed by atoms with Crippen molar-refractivity contribution in [3.05, 3.63) is 20.8 Å². The molecule has 9 heteroatoms. The molecule has 1 N–H and O–H groups in total. The highest BCUT2D eigenvalue weighted by atomic mass is 79.9. The van der Waals surface area contributed by atoms with Crippen molar-refractivity contribution >= 4 is 61.3 Å². The zero-order valence-corrected chi connectivity index (χ0v) is 15.6. The predicted octanol–water partition coefficient (Wildman–Crippen LogP) is 3.93. The second-order valence-electron chi connectivity index (χ2n) is 4.70. The predicted molar refractivity (Wildman–Crippen MR) is 94.4 cm³/mol. The van der Waals surface area contributed by atoms with E-state index in [2.05, 4.69) is 31.4 Å². The molecule has 0 spiro atoms. The highest BCUT2D eigenvalue weighted by molar-refractivity contribution is 9.10. The van der Waals surface area contributed by atoms with Gasteiger partial charge in [0.05, 0.1) is 16.7 Å². The van der Waals surface area contributed by atoms with Gasteiger partial charge in [-0.05, 0) is 40.2 Å². The second-order valence-corrected chi connectivity index (χ2v) is 8.67. The van der Waals surface area contributed by atoms with Crippen LogP contribution >= 0.6 is 50.4 Å². The molecule has 22 heavy (non-hydrogen) atoms. The third kappa shape index (κ3) is 4.29. The summed E-state index contributed by atoms with van der Waals surface area (Å²) in [5, 5.41) is 14.1. The van der Waals surface area contributed by atoms with Gasteiger partial charge < -0.3 is 10.1 Å². The number of nitrogens with zero attached hydrogens (tertiary/aromatic N) is 2. The van der Waals surface area contributed by atoms with Gasteiger partial charge in [0.2, 0.25) is 5.13 Å². The molecular formula is C13H14BrN3O2S3. The summed E-state index contributed by atoms with van der Waals surface area (Å²) in [4.78, 5) is 12.8. The summed E-state index contributed by atoms with van der Waals surface area (Å²) in [5.74, 6) is 0.482. The van der Waals surface area contributed by atoms with Crippen molar-refractivity contribution < 1.29 is 9.53 Å². The van der Waals surface area contributed by atoms with E-state index in [4.69, 9.17) is 4.74 Å².